The Morgan fingerprint density at radius 3 is 2.39 bits per heavy atom. The molecular weight excluding hydrogens is 475 g/mol. The van der Waals surface area contributed by atoms with E-state index in [4.69, 9.17) is 11.6 Å². The molecule has 3 rings (SSSR count). The number of amides is 1. The minimum atomic E-state index is -4.83. The van der Waals surface area contributed by atoms with E-state index in [0.717, 1.165) is 17.0 Å². The van der Waals surface area contributed by atoms with Crippen molar-refractivity contribution in [3.63, 3.8) is 0 Å². The number of nitrogens with zero attached hydrogens (tertiary/aromatic N) is 2. The summed E-state index contributed by atoms with van der Waals surface area (Å²) in [7, 11) is -4.55. The highest BCUT2D eigenvalue weighted by Gasteiger charge is 2.38. The number of hydrogen-bond donors (Lipinski definition) is 1. The third kappa shape index (κ3) is 5.98. The van der Waals surface area contributed by atoms with Crippen LogP contribution >= 0.6 is 22.9 Å². The molecule has 31 heavy (non-hydrogen) atoms. The highest BCUT2D eigenvalue weighted by Crippen LogP contribution is 2.34. The smallest absolute Gasteiger partial charge is 0.339 e. The fourth-order valence-electron chi connectivity index (χ4n) is 3.34. The molecule has 0 saturated carbocycles. The standard InChI is InChI=1S/C19H21ClF3N3O3S2/c1-13(24-31(28,29)16-5-3-2-4-15(16)19(21,22)23)18(27)26-10-8-25(9-11-26)12-14-6-7-17(20)30-14/h2-7,13,24H,8-12H2,1H3/t13-/m0/s1. The van der Waals surface area contributed by atoms with Crippen molar-refractivity contribution in [3.8, 4) is 0 Å². The van der Waals surface area contributed by atoms with Crippen LogP contribution in [-0.2, 0) is 27.5 Å². The van der Waals surface area contributed by atoms with Crippen molar-refractivity contribution in [1.82, 2.24) is 14.5 Å². The van der Waals surface area contributed by atoms with Gasteiger partial charge in [0.15, 0.2) is 0 Å². The zero-order chi connectivity index (χ0) is 22.8. The van der Waals surface area contributed by atoms with Gasteiger partial charge in [-0.15, -0.1) is 11.3 Å². The summed E-state index contributed by atoms with van der Waals surface area (Å²) in [5, 5.41) is 0. The van der Waals surface area contributed by atoms with E-state index in [0.29, 0.717) is 43.1 Å². The highest BCUT2D eigenvalue weighted by atomic mass is 35.5. The number of thiophene rings is 1. The van der Waals surface area contributed by atoms with Crippen LogP contribution in [0.3, 0.4) is 0 Å². The van der Waals surface area contributed by atoms with Crippen LogP contribution < -0.4 is 4.72 Å². The molecule has 1 fully saturated rings. The van der Waals surface area contributed by atoms with Gasteiger partial charge in [0.2, 0.25) is 15.9 Å². The van der Waals surface area contributed by atoms with Crippen molar-refractivity contribution >= 4 is 38.9 Å². The van der Waals surface area contributed by atoms with Gasteiger partial charge in [-0.25, -0.2) is 8.42 Å². The molecule has 1 atom stereocenters. The molecule has 2 aromatic rings. The maximum Gasteiger partial charge on any atom is 0.417 e. The topological polar surface area (TPSA) is 69.7 Å². The molecule has 0 spiro atoms. The van der Waals surface area contributed by atoms with Crippen molar-refractivity contribution in [1.29, 1.82) is 0 Å². The SMILES string of the molecule is C[C@H](NS(=O)(=O)c1ccccc1C(F)(F)F)C(=O)N1CCN(Cc2ccc(Cl)s2)CC1. The van der Waals surface area contributed by atoms with Gasteiger partial charge in [-0.1, -0.05) is 23.7 Å². The Morgan fingerprint density at radius 1 is 1.16 bits per heavy atom. The van der Waals surface area contributed by atoms with E-state index in [-0.39, 0.29) is 0 Å². The van der Waals surface area contributed by atoms with Gasteiger partial charge in [0.25, 0.3) is 0 Å². The molecule has 12 heteroatoms. The Kier molecular flexibility index (Phi) is 7.32. The number of hydrogen-bond acceptors (Lipinski definition) is 5. The second kappa shape index (κ2) is 9.45. The molecule has 0 aliphatic carbocycles. The molecule has 170 valence electrons. The first-order valence-corrected chi connectivity index (χ1v) is 12.1. The van der Waals surface area contributed by atoms with Gasteiger partial charge in [-0.2, -0.15) is 17.9 Å². The summed E-state index contributed by atoms with van der Waals surface area (Å²) in [5.41, 5.74) is -1.27. The molecule has 0 unspecified atom stereocenters. The van der Waals surface area contributed by atoms with E-state index in [1.54, 1.807) is 0 Å². The molecule has 1 aliphatic heterocycles. The summed E-state index contributed by atoms with van der Waals surface area (Å²) in [5.74, 6) is -0.480. The summed E-state index contributed by atoms with van der Waals surface area (Å²) >= 11 is 7.42. The minimum absolute atomic E-state index is 0.392. The van der Waals surface area contributed by atoms with Crippen molar-refractivity contribution in [2.75, 3.05) is 26.2 Å². The fraction of sp³-hybridized carbons (Fsp3) is 0.421. The van der Waals surface area contributed by atoms with Gasteiger partial charge < -0.3 is 4.90 Å². The Bertz CT molecular complexity index is 1040. The molecule has 2 heterocycles. The van der Waals surface area contributed by atoms with Gasteiger partial charge in [-0.3, -0.25) is 9.69 Å². The highest BCUT2D eigenvalue weighted by molar-refractivity contribution is 7.89. The van der Waals surface area contributed by atoms with E-state index in [1.165, 1.54) is 29.2 Å². The number of rotatable bonds is 6. The number of sulfonamides is 1. The normalized spacial score (nSPS) is 17.0. The van der Waals surface area contributed by atoms with Crippen LogP contribution in [0.5, 0.6) is 0 Å². The molecule has 1 N–H and O–H groups in total. The average molecular weight is 496 g/mol. The Labute approximate surface area is 187 Å². The van der Waals surface area contributed by atoms with Gasteiger partial charge >= 0.3 is 6.18 Å². The number of carbonyl (C=O) groups is 1. The van der Waals surface area contributed by atoms with Crippen LogP contribution in [0, 0.1) is 0 Å². The van der Waals surface area contributed by atoms with Gasteiger partial charge in [-0.05, 0) is 31.2 Å². The first kappa shape index (κ1) is 24.0. The van der Waals surface area contributed by atoms with Gasteiger partial charge in [0, 0.05) is 37.6 Å². The maximum atomic E-state index is 13.2. The van der Waals surface area contributed by atoms with Crippen LogP contribution in [-0.4, -0.2) is 56.3 Å². The summed E-state index contributed by atoms with van der Waals surface area (Å²) < 4.78 is 67.4. The third-order valence-electron chi connectivity index (χ3n) is 4.88. The van der Waals surface area contributed by atoms with E-state index in [9.17, 15) is 26.4 Å². The Morgan fingerprint density at radius 2 is 1.81 bits per heavy atom. The Hall–Kier alpha value is -1.66. The molecule has 1 saturated heterocycles. The number of nitrogens with one attached hydrogen (secondary N) is 1. The lowest BCUT2D eigenvalue weighted by atomic mass is 10.2. The van der Waals surface area contributed by atoms with Crippen molar-refractivity contribution in [2.45, 2.75) is 30.6 Å². The third-order valence-corrected chi connectivity index (χ3v) is 7.69. The monoisotopic (exact) mass is 495 g/mol. The number of alkyl halides is 3. The van der Waals surface area contributed by atoms with Crippen molar-refractivity contribution in [3.05, 3.63) is 51.2 Å². The lowest BCUT2D eigenvalue weighted by molar-refractivity contribution is -0.139. The largest absolute Gasteiger partial charge is 0.417 e. The van der Waals surface area contributed by atoms with Gasteiger partial charge in [0.1, 0.15) is 0 Å². The zero-order valence-corrected chi connectivity index (χ0v) is 18.9. The quantitative estimate of drug-likeness (QED) is 0.666. The summed E-state index contributed by atoms with van der Waals surface area (Å²) in [6, 6.07) is 6.45. The molecule has 6 nitrogen and oxygen atoms in total. The number of benzene rings is 1. The predicted octanol–water partition coefficient (Wildman–Crippen LogP) is 3.43. The van der Waals surface area contributed by atoms with Crippen LogP contribution in [0.25, 0.3) is 0 Å². The van der Waals surface area contributed by atoms with Crippen LogP contribution in [0.1, 0.15) is 17.4 Å². The second-order valence-corrected chi connectivity index (χ2v) is 10.6. The van der Waals surface area contributed by atoms with Gasteiger partial charge in [0.05, 0.1) is 20.8 Å². The van der Waals surface area contributed by atoms with E-state index in [1.807, 2.05) is 12.1 Å². The van der Waals surface area contributed by atoms with Crippen molar-refractivity contribution in [2.24, 2.45) is 0 Å². The second-order valence-electron chi connectivity index (χ2n) is 7.14. The molecular formula is C19H21ClF3N3O3S2. The maximum absolute atomic E-state index is 13.2. The first-order valence-electron chi connectivity index (χ1n) is 9.41. The van der Waals surface area contributed by atoms with Crippen molar-refractivity contribution < 1.29 is 26.4 Å². The number of halogens is 4. The molecule has 1 aliphatic rings. The molecule has 1 aromatic heterocycles. The minimum Gasteiger partial charge on any atom is -0.339 e. The molecule has 1 amide bonds. The first-order chi connectivity index (χ1) is 14.5. The van der Waals surface area contributed by atoms with E-state index >= 15 is 0 Å². The fourth-order valence-corrected chi connectivity index (χ4v) is 5.89. The zero-order valence-electron chi connectivity index (χ0n) is 16.5. The molecule has 1 aromatic carbocycles. The summed E-state index contributed by atoms with van der Waals surface area (Å²) in [4.78, 5) is 16.6. The molecule has 0 bridgehead atoms. The summed E-state index contributed by atoms with van der Waals surface area (Å²) in [6.45, 7) is 4.01. The Balaban J connectivity index is 1.61. The number of carbonyl (C=O) groups excluding carboxylic acids is 1. The van der Waals surface area contributed by atoms with Crippen LogP contribution in [0.2, 0.25) is 4.34 Å². The van der Waals surface area contributed by atoms with E-state index in [2.05, 4.69) is 9.62 Å². The predicted molar refractivity (Wildman–Crippen MR) is 112 cm³/mol. The van der Waals surface area contributed by atoms with Crippen LogP contribution in [0.15, 0.2) is 41.3 Å². The lowest BCUT2D eigenvalue weighted by Gasteiger charge is -2.35. The van der Waals surface area contributed by atoms with Crippen LogP contribution in [0.4, 0.5) is 13.2 Å². The van der Waals surface area contributed by atoms with E-state index < -0.39 is 38.6 Å². The molecule has 0 radical (unpaired) electrons. The number of piperazine rings is 1. The lowest BCUT2D eigenvalue weighted by Crippen LogP contribution is -2.53. The average Bonchev–Trinajstić information content (AvgIpc) is 3.11. The summed E-state index contributed by atoms with van der Waals surface area (Å²) in [6.07, 6.45) is -4.83.